The summed E-state index contributed by atoms with van der Waals surface area (Å²) in [7, 11) is 3.85. The van der Waals surface area contributed by atoms with Crippen LogP contribution in [0.5, 0.6) is 5.75 Å². The predicted octanol–water partition coefficient (Wildman–Crippen LogP) is 3.62. The summed E-state index contributed by atoms with van der Waals surface area (Å²) in [6.45, 7) is -0.780. The molecule has 0 spiro atoms. The van der Waals surface area contributed by atoms with E-state index < -0.39 is 18.5 Å². The zero-order valence-electron chi connectivity index (χ0n) is 14.3. The molecule has 0 unspecified atom stereocenters. The Morgan fingerprint density at radius 1 is 1.04 bits per heavy atom. The molecule has 26 heavy (non-hydrogen) atoms. The van der Waals surface area contributed by atoms with E-state index in [1.165, 1.54) is 6.07 Å². The number of hydrogen-bond acceptors (Lipinski definition) is 5. The van der Waals surface area contributed by atoms with Gasteiger partial charge >= 0.3 is 5.97 Å². The molecule has 0 radical (unpaired) electrons. The van der Waals surface area contributed by atoms with Crippen LogP contribution in [-0.4, -0.2) is 39.2 Å². The lowest BCUT2D eigenvalue weighted by Crippen LogP contribution is -2.23. The highest BCUT2D eigenvalue weighted by atomic mass is 35.5. The monoisotopic (exact) mass is 396 g/mol. The number of hydrogen-bond donors (Lipinski definition) is 1. The molecule has 0 saturated carbocycles. The number of amides is 1. The van der Waals surface area contributed by atoms with Gasteiger partial charge in [-0.3, -0.25) is 4.79 Å². The van der Waals surface area contributed by atoms with Gasteiger partial charge in [0.2, 0.25) is 0 Å². The van der Waals surface area contributed by atoms with Crippen LogP contribution in [-0.2, 0) is 14.3 Å². The topological polar surface area (TPSA) is 67.9 Å². The first-order valence-electron chi connectivity index (χ1n) is 7.66. The Morgan fingerprint density at radius 3 is 2.35 bits per heavy atom. The van der Waals surface area contributed by atoms with Gasteiger partial charge in [-0.05, 0) is 42.5 Å². The quantitative estimate of drug-likeness (QED) is 0.723. The van der Waals surface area contributed by atoms with Crippen LogP contribution in [0.1, 0.15) is 0 Å². The second kappa shape index (κ2) is 9.31. The Balaban J connectivity index is 1.75. The van der Waals surface area contributed by atoms with Crippen molar-refractivity contribution in [2.24, 2.45) is 0 Å². The van der Waals surface area contributed by atoms with Gasteiger partial charge in [0.25, 0.3) is 5.91 Å². The van der Waals surface area contributed by atoms with Crippen molar-refractivity contribution >= 4 is 46.5 Å². The van der Waals surface area contributed by atoms with E-state index >= 15 is 0 Å². The summed E-state index contributed by atoms with van der Waals surface area (Å²) < 4.78 is 10.1. The lowest BCUT2D eigenvalue weighted by Gasteiger charge is -2.13. The van der Waals surface area contributed by atoms with Crippen molar-refractivity contribution in [1.29, 1.82) is 0 Å². The number of ether oxygens (including phenoxy) is 2. The minimum absolute atomic E-state index is 0.282. The van der Waals surface area contributed by atoms with Crippen molar-refractivity contribution in [2.45, 2.75) is 0 Å². The van der Waals surface area contributed by atoms with E-state index in [4.69, 9.17) is 32.7 Å². The second-order valence-corrected chi connectivity index (χ2v) is 6.36. The molecule has 0 aromatic heterocycles. The summed E-state index contributed by atoms with van der Waals surface area (Å²) in [6.07, 6.45) is 0. The number of carbonyl (C=O) groups is 2. The van der Waals surface area contributed by atoms with Gasteiger partial charge < -0.3 is 19.7 Å². The Bertz CT molecular complexity index is 779. The van der Waals surface area contributed by atoms with Crippen LogP contribution in [0.15, 0.2) is 42.5 Å². The molecule has 0 aliphatic heterocycles. The molecule has 8 heteroatoms. The Kier molecular flexibility index (Phi) is 7.12. The number of benzene rings is 2. The Labute approximate surface area is 161 Å². The van der Waals surface area contributed by atoms with E-state index in [1.54, 1.807) is 24.3 Å². The zero-order valence-corrected chi connectivity index (χ0v) is 15.8. The minimum Gasteiger partial charge on any atom is -0.480 e. The first-order chi connectivity index (χ1) is 12.3. The maximum Gasteiger partial charge on any atom is 0.344 e. The summed E-state index contributed by atoms with van der Waals surface area (Å²) in [4.78, 5) is 25.4. The fraction of sp³-hybridized carbons (Fsp3) is 0.222. The fourth-order valence-corrected chi connectivity index (χ4v) is 2.42. The third-order valence-electron chi connectivity index (χ3n) is 3.27. The molecule has 1 N–H and O–H groups in total. The molecule has 2 aromatic carbocycles. The molecule has 0 aliphatic rings. The summed E-state index contributed by atoms with van der Waals surface area (Å²) in [6, 6.07) is 11.9. The molecule has 0 fully saturated rings. The molecular formula is C18H18Cl2N2O4. The van der Waals surface area contributed by atoms with Gasteiger partial charge in [0.1, 0.15) is 5.75 Å². The number of esters is 1. The smallest absolute Gasteiger partial charge is 0.344 e. The molecule has 0 bridgehead atoms. The minimum atomic E-state index is -0.686. The number of rotatable bonds is 7. The molecule has 6 nitrogen and oxygen atoms in total. The number of anilines is 2. The zero-order chi connectivity index (χ0) is 19.1. The van der Waals surface area contributed by atoms with E-state index in [0.29, 0.717) is 16.5 Å². The Hall–Kier alpha value is -2.44. The van der Waals surface area contributed by atoms with Crippen LogP contribution in [0, 0.1) is 0 Å². The molecule has 0 atom stereocenters. The average molecular weight is 397 g/mol. The van der Waals surface area contributed by atoms with Crippen molar-refractivity contribution < 1.29 is 19.1 Å². The van der Waals surface area contributed by atoms with Crippen LogP contribution in [0.3, 0.4) is 0 Å². The lowest BCUT2D eigenvalue weighted by molar-refractivity contribution is -0.149. The molecule has 0 saturated heterocycles. The van der Waals surface area contributed by atoms with Crippen LogP contribution >= 0.6 is 23.2 Å². The van der Waals surface area contributed by atoms with Crippen LogP contribution in [0.2, 0.25) is 10.0 Å². The van der Waals surface area contributed by atoms with Crippen LogP contribution < -0.4 is 15.0 Å². The van der Waals surface area contributed by atoms with Crippen LogP contribution in [0.25, 0.3) is 0 Å². The van der Waals surface area contributed by atoms with Crippen molar-refractivity contribution in [3.8, 4) is 5.75 Å². The first-order valence-corrected chi connectivity index (χ1v) is 8.41. The van der Waals surface area contributed by atoms with Gasteiger partial charge in [0.15, 0.2) is 13.2 Å². The molecule has 0 heterocycles. The third kappa shape index (κ3) is 6.13. The maximum absolute atomic E-state index is 11.8. The Morgan fingerprint density at radius 2 is 1.73 bits per heavy atom. The number of halogens is 2. The van der Waals surface area contributed by atoms with Crippen molar-refractivity contribution in [2.75, 3.05) is 37.5 Å². The highest BCUT2D eigenvalue weighted by molar-refractivity contribution is 6.35. The third-order valence-corrected chi connectivity index (χ3v) is 3.80. The normalized spacial score (nSPS) is 10.2. The molecule has 2 rings (SSSR count). The SMILES string of the molecule is CN(C)c1ccc(NC(=O)COC(=O)COc2ccc(Cl)cc2Cl)cc1. The molecular weight excluding hydrogens is 379 g/mol. The van der Waals surface area contributed by atoms with Gasteiger partial charge in [-0.15, -0.1) is 0 Å². The largest absolute Gasteiger partial charge is 0.480 e. The van der Waals surface area contributed by atoms with E-state index in [0.717, 1.165) is 5.69 Å². The van der Waals surface area contributed by atoms with E-state index in [1.807, 2.05) is 31.1 Å². The van der Waals surface area contributed by atoms with Gasteiger partial charge in [-0.2, -0.15) is 0 Å². The summed E-state index contributed by atoms with van der Waals surface area (Å²) in [5.74, 6) is -0.826. The lowest BCUT2D eigenvalue weighted by atomic mass is 10.2. The first kappa shape index (κ1) is 19.9. The number of nitrogens with zero attached hydrogens (tertiary/aromatic N) is 1. The average Bonchev–Trinajstić information content (AvgIpc) is 2.59. The number of nitrogens with one attached hydrogen (secondary N) is 1. The fourth-order valence-electron chi connectivity index (χ4n) is 1.96. The van der Waals surface area contributed by atoms with Crippen molar-refractivity contribution in [1.82, 2.24) is 0 Å². The highest BCUT2D eigenvalue weighted by Crippen LogP contribution is 2.27. The molecule has 0 aliphatic carbocycles. The predicted molar refractivity (Wildman–Crippen MR) is 102 cm³/mol. The molecule has 1 amide bonds. The molecule has 138 valence electrons. The van der Waals surface area contributed by atoms with Crippen molar-refractivity contribution in [3.63, 3.8) is 0 Å². The van der Waals surface area contributed by atoms with E-state index in [9.17, 15) is 9.59 Å². The van der Waals surface area contributed by atoms with Gasteiger partial charge in [0, 0.05) is 30.5 Å². The van der Waals surface area contributed by atoms with Gasteiger partial charge in [-0.1, -0.05) is 23.2 Å². The summed E-state index contributed by atoms with van der Waals surface area (Å²) in [5, 5.41) is 3.38. The van der Waals surface area contributed by atoms with Gasteiger partial charge in [-0.25, -0.2) is 4.79 Å². The number of carbonyl (C=O) groups excluding carboxylic acids is 2. The standard InChI is InChI=1S/C18H18Cl2N2O4/c1-22(2)14-6-4-13(5-7-14)21-17(23)10-26-18(24)11-25-16-8-3-12(19)9-15(16)20/h3-9H,10-11H2,1-2H3,(H,21,23). The maximum atomic E-state index is 11.8. The van der Waals surface area contributed by atoms with Gasteiger partial charge in [0.05, 0.1) is 5.02 Å². The molecule has 2 aromatic rings. The van der Waals surface area contributed by atoms with Crippen LogP contribution in [0.4, 0.5) is 11.4 Å². The van der Waals surface area contributed by atoms with E-state index in [2.05, 4.69) is 5.32 Å². The summed E-state index contributed by atoms with van der Waals surface area (Å²) >= 11 is 11.7. The highest BCUT2D eigenvalue weighted by Gasteiger charge is 2.10. The summed E-state index contributed by atoms with van der Waals surface area (Å²) in [5.41, 5.74) is 1.62. The van der Waals surface area contributed by atoms with E-state index in [-0.39, 0.29) is 11.6 Å². The van der Waals surface area contributed by atoms with Crippen molar-refractivity contribution in [3.05, 3.63) is 52.5 Å². The second-order valence-electron chi connectivity index (χ2n) is 5.51.